The molecule has 2 aromatic carbocycles. The molecule has 0 saturated carbocycles. The third-order valence-electron chi connectivity index (χ3n) is 2.19. The Bertz CT molecular complexity index is 583. The van der Waals surface area contributed by atoms with Crippen molar-refractivity contribution in [2.24, 2.45) is 0 Å². The average molecular weight is 310 g/mol. The molecule has 92 valence electrons. The topological polar surface area (TPSA) is 72.6 Å². The van der Waals surface area contributed by atoms with E-state index >= 15 is 0 Å². The zero-order valence-corrected chi connectivity index (χ0v) is 10.6. The lowest BCUT2D eigenvalue weighted by molar-refractivity contribution is -0.384. The molecule has 2 aromatic rings. The monoisotopic (exact) mass is 309 g/mol. The Balaban J connectivity index is 2.24. The number of ether oxygens (including phenoxy) is 1. The van der Waals surface area contributed by atoms with Crippen LogP contribution in [0.15, 0.2) is 46.9 Å². The summed E-state index contributed by atoms with van der Waals surface area (Å²) in [5.41, 5.74) is -0.0140. The number of nitro groups is 1. The average Bonchev–Trinajstić information content (AvgIpc) is 2.34. The Labute approximate surface area is 111 Å². The Morgan fingerprint density at radius 3 is 2.39 bits per heavy atom. The van der Waals surface area contributed by atoms with Crippen LogP contribution < -0.4 is 4.74 Å². The van der Waals surface area contributed by atoms with E-state index in [4.69, 9.17) is 9.84 Å². The summed E-state index contributed by atoms with van der Waals surface area (Å²) >= 11 is 3.21. The van der Waals surface area contributed by atoms with Gasteiger partial charge in [0.25, 0.3) is 5.69 Å². The fourth-order valence-corrected chi connectivity index (χ4v) is 1.77. The van der Waals surface area contributed by atoms with E-state index in [1.807, 2.05) is 0 Å². The maximum absolute atomic E-state index is 10.6. The van der Waals surface area contributed by atoms with Gasteiger partial charge in [-0.05, 0) is 46.3 Å². The first-order valence-electron chi connectivity index (χ1n) is 4.97. The van der Waals surface area contributed by atoms with Crippen LogP contribution in [0.4, 0.5) is 5.69 Å². The zero-order chi connectivity index (χ0) is 13.1. The minimum atomic E-state index is -0.477. The third kappa shape index (κ3) is 2.78. The fraction of sp³-hybridized carbons (Fsp3) is 0. The molecule has 0 bridgehead atoms. The molecular formula is C12H8BrNO4. The number of halogens is 1. The van der Waals surface area contributed by atoms with Crippen LogP contribution in [0, 0.1) is 10.1 Å². The molecule has 0 aliphatic carbocycles. The Hall–Kier alpha value is -2.08. The largest absolute Gasteiger partial charge is 0.508 e. The number of hydrogen-bond acceptors (Lipinski definition) is 4. The van der Waals surface area contributed by atoms with Gasteiger partial charge in [-0.25, -0.2) is 0 Å². The van der Waals surface area contributed by atoms with E-state index in [1.54, 1.807) is 12.1 Å². The summed E-state index contributed by atoms with van der Waals surface area (Å²) in [6, 6.07) is 10.4. The summed E-state index contributed by atoms with van der Waals surface area (Å²) in [4.78, 5) is 10.1. The van der Waals surface area contributed by atoms with Crippen LogP contribution in [0.3, 0.4) is 0 Å². The van der Waals surface area contributed by atoms with E-state index < -0.39 is 4.92 Å². The van der Waals surface area contributed by atoms with Gasteiger partial charge in [0.05, 0.1) is 9.40 Å². The predicted molar refractivity (Wildman–Crippen MR) is 69.0 cm³/mol. The van der Waals surface area contributed by atoms with E-state index in [2.05, 4.69) is 15.9 Å². The lowest BCUT2D eigenvalue weighted by Gasteiger charge is -2.07. The lowest BCUT2D eigenvalue weighted by Crippen LogP contribution is -1.90. The number of non-ortho nitro benzene ring substituents is 1. The van der Waals surface area contributed by atoms with Gasteiger partial charge in [0.2, 0.25) is 0 Å². The second-order valence-electron chi connectivity index (χ2n) is 3.47. The maximum Gasteiger partial charge on any atom is 0.270 e. The van der Waals surface area contributed by atoms with E-state index in [-0.39, 0.29) is 11.4 Å². The molecule has 0 saturated heterocycles. The summed E-state index contributed by atoms with van der Waals surface area (Å²) < 4.78 is 6.01. The van der Waals surface area contributed by atoms with Gasteiger partial charge in [-0.2, -0.15) is 0 Å². The van der Waals surface area contributed by atoms with E-state index in [0.717, 1.165) is 0 Å². The van der Waals surface area contributed by atoms with Gasteiger partial charge < -0.3 is 9.84 Å². The SMILES string of the molecule is O=[N+]([O-])c1ccc(Oc2ccc(O)cc2)c(Br)c1. The summed E-state index contributed by atoms with van der Waals surface area (Å²) in [7, 11) is 0. The first kappa shape index (κ1) is 12.4. The number of benzene rings is 2. The van der Waals surface area contributed by atoms with Crippen molar-refractivity contribution in [3.05, 3.63) is 57.1 Å². The van der Waals surface area contributed by atoms with Gasteiger partial charge in [-0.3, -0.25) is 10.1 Å². The molecule has 0 heterocycles. The van der Waals surface area contributed by atoms with Crippen molar-refractivity contribution in [3.63, 3.8) is 0 Å². The van der Waals surface area contributed by atoms with E-state index in [1.165, 1.54) is 30.3 Å². The highest BCUT2D eigenvalue weighted by molar-refractivity contribution is 9.10. The summed E-state index contributed by atoms with van der Waals surface area (Å²) in [5, 5.41) is 19.7. The standard InChI is InChI=1S/C12H8BrNO4/c13-11-7-8(14(16)17)1-6-12(11)18-10-4-2-9(15)3-5-10/h1-7,15H. The molecule has 0 spiro atoms. The lowest BCUT2D eigenvalue weighted by atomic mass is 10.3. The minimum Gasteiger partial charge on any atom is -0.508 e. The molecular weight excluding hydrogens is 302 g/mol. The maximum atomic E-state index is 10.6. The molecule has 0 fully saturated rings. The molecule has 18 heavy (non-hydrogen) atoms. The number of aromatic hydroxyl groups is 1. The number of phenols is 1. The number of phenolic OH excluding ortho intramolecular Hbond substituents is 1. The summed E-state index contributed by atoms with van der Waals surface area (Å²) in [6.07, 6.45) is 0. The molecule has 5 nitrogen and oxygen atoms in total. The van der Waals surface area contributed by atoms with Crippen LogP contribution in [0.25, 0.3) is 0 Å². The van der Waals surface area contributed by atoms with E-state index in [0.29, 0.717) is 16.0 Å². The van der Waals surface area contributed by atoms with Gasteiger partial charge in [0.1, 0.15) is 17.2 Å². The zero-order valence-electron chi connectivity index (χ0n) is 9.04. The van der Waals surface area contributed by atoms with Crippen molar-refractivity contribution in [3.8, 4) is 17.2 Å². The first-order chi connectivity index (χ1) is 8.56. The Morgan fingerprint density at radius 1 is 1.17 bits per heavy atom. The number of hydrogen-bond donors (Lipinski definition) is 1. The molecule has 6 heteroatoms. The molecule has 1 N–H and O–H groups in total. The first-order valence-corrected chi connectivity index (χ1v) is 5.76. The van der Waals surface area contributed by atoms with Crippen LogP contribution in [-0.2, 0) is 0 Å². The second-order valence-corrected chi connectivity index (χ2v) is 4.32. The summed E-state index contributed by atoms with van der Waals surface area (Å²) in [6.45, 7) is 0. The number of nitro benzene ring substituents is 1. The molecule has 0 atom stereocenters. The van der Waals surface area contributed by atoms with Crippen LogP contribution in [0.2, 0.25) is 0 Å². The fourth-order valence-electron chi connectivity index (χ4n) is 1.33. The van der Waals surface area contributed by atoms with Crippen molar-refractivity contribution >= 4 is 21.6 Å². The van der Waals surface area contributed by atoms with Crippen molar-refractivity contribution in [1.82, 2.24) is 0 Å². The molecule has 2 rings (SSSR count). The molecule has 0 aliphatic rings. The quantitative estimate of drug-likeness (QED) is 0.690. The van der Waals surface area contributed by atoms with Gasteiger partial charge >= 0.3 is 0 Å². The minimum absolute atomic E-state index is 0.0140. The third-order valence-corrected chi connectivity index (χ3v) is 2.81. The Morgan fingerprint density at radius 2 is 1.83 bits per heavy atom. The molecule has 0 amide bonds. The molecule has 0 aromatic heterocycles. The van der Waals surface area contributed by atoms with Gasteiger partial charge in [0, 0.05) is 12.1 Å². The van der Waals surface area contributed by atoms with E-state index in [9.17, 15) is 10.1 Å². The highest BCUT2D eigenvalue weighted by Gasteiger charge is 2.10. The van der Waals surface area contributed by atoms with Crippen molar-refractivity contribution in [2.45, 2.75) is 0 Å². The van der Waals surface area contributed by atoms with Crippen molar-refractivity contribution in [2.75, 3.05) is 0 Å². The predicted octanol–water partition coefficient (Wildman–Crippen LogP) is 3.86. The van der Waals surface area contributed by atoms with Crippen LogP contribution in [0.5, 0.6) is 17.2 Å². The molecule has 0 unspecified atom stereocenters. The van der Waals surface area contributed by atoms with Crippen LogP contribution in [0.1, 0.15) is 0 Å². The van der Waals surface area contributed by atoms with Crippen molar-refractivity contribution in [1.29, 1.82) is 0 Å². The van der Waals surface area contributed by atoms with Gasteiger partial charge in [-0.1, -0.05) is 0 Å². The van der Waals surface area contributed by atoms with Gasteiger partial charge in [0.15, 0.2) is 0 Å². The highest BCUT2D eigenvalue weighted by atomic mass is 79.9. The molecule has 0 radical (unpaired) electrons. The number of nitrogens with zero attached hydrogens (tertiary/aromatic N) is 1. The van der Waals surface area contributed by atoms with Crippen molar-refractivity contribution < 1.29 is 14.8 Å². The van der Waals surface area contributed by atoms with Gasteiger partial charge in [-0.15, -0.1) is 0 Å². The smallest absolute Gasteiger partial charge is 0.270 e. The normalized spacial score (nSPS) is 10.1. The second kappa shape index (κ2) is 5.05. The number of rotatable bonds is 3. The highest BCUT2D eigenvalue weighted by Crippen LogP contribution is 2.32. The Kier molecular flexibility index (Phi) is 3.47. The van der Waals surface area contributed by atoms with Crippen LogP contribution in [-0.4, -0.2) is 10.0 Å². The van der Waals surface area contributed by atoms with Crippen LogP contribution >= 0.6 is 15.9 Å². The molecule has 0 aliphatic heterocycles. The summed E-state index contributed by atoms with van der Waals surface area (Å²) in [5.74, 6) is 1.14.